The van der Waals surface area contributed by atoms with Crippen molar-refractivity contribution < 1.29 is 52.4 Å². The van der Waals surface area contributed by atoms with Gasteiger partial charge in [0.15, 0.2) is 0 Å². The molecule has 0 aromatic heterocycles. The molecule has 0 saturated heterocycles. The van der Waals surface area contributed by atoms with E-state index < -0.39 is 29.8 Å². The molecule has 0 aliphatic rings. The Balaban J connectivity index is -0.0000000251. The Morgan fingerprint density at radius 1 is 0.607 bits per heavy atom. The monoisotopic (exact) mass is 445 g/mol. The quantitative estimate of drug-likeness (QED) is 0.187. The first-order valence-electron chi connectivity index (χ1n) is 7.16. The van der Waals surface area contributed by atoms with Crippen molar-refractivity contribution in [1.29, 1.82) is 0 Å². The molecule has 168 valence electrons. The zero-order chi connectivity index (χ0) is 23.4. The molecule has 13 nitrogen and oxygen atoms in total. The molecule has 10 N–H and O–H groups in total. The molecule has 0 aliphatic carbocycles. The second-order valence-electron chi connectivity index (χ2n) is 3.92. The van der Waals surface area contributed by atoms with Gasteiger partial charge < -0.3 is 45.2 Å². The van der Waals surface area contributed by atoms with Gasteiger partial charge in [-0.25, -0.2) is 0 Å². The first-order chi connectivity index (χ1) is 12.1. The zero-order valence-corrected chi connectivity index (χ0v) is 19.2. The van der Waals surface area contributed by atoms with Gasteiger partial charge in [-0.2, -0.15) is 0 Å². The van der Waals surface area contributed by atoms with Gasteiger partial charge in [-0.3, -0.25) is 24.0 Å². The van der Waals surface area contributed by atoms with Crippen LogP contribution in [0.2, 0.25) is 0 Å². The smallest absolute Gasteiger partial charge is 1.00 e. The maximum absolute atomic E-state index is 9.00. The van der Waals surface area contributed by atoms with E-state index in [0.717, 1.165) is 47.7 Å². The van der Waals surface area contributed by atoms with Crippen LogP contribution in [-0.2, 0) is 24.0 Å². The summed E-state index contributed by atoms with van der Waals surface area (Å²) >= 11 is 0. The number of rotatable bonds is 4. The largest absolute Gasteiger partial charge is 2.00 e. The summed E-state index contributed by atoms with van der Waals surface area (Å²) in [6.07, 6.45) is 0. The molecular weight excluding hydrogens is 410 g/mol. The molecule has 28 heavy (non-hydrogen) atoms. The molecular formula is C14H35CaN3O10. The fourth-order valence-corrected chi connectivity index (χ4v) is 0.329. The average Bonchev–Trinajstić information content (AvgIpc) is 2.35. The number of nitrogens with two attached hydrogens (primary N) is 2. The zero-order valence-electron chi connectivity index (χ0n) is 19.0. The van der Waals surface area contributed by atoms with Gasteiger partial charge in [-0.1, -0.05) is 0 Å². The van der Waals surface area contributed by atoms with E-state index in [1.807, 2.05) is 0 Å². The SMILES string of the molecule is CC(=O)O.CC(=O)O.CC(=O)O.CC(=O)O.CC(=O)O.NCCNCCN.[Ca+2].[H-].[H-]. The van der Waals surface area contributed by atoms with Gasteiger partial charge in [0.25, 0.3) is 29.8 Å². The van der Waals surface area contributed by atoms with Crippen molar-refractivity contribution in [3.8, 4) is 0 Å². The number of hydrogen-bond donors (Lipinski definition) is 8. The van der Waals surface area contributed by atoms with Gasteiger partial charge in [0, 0.05) is 60.8 Å². The predicted octanol–water partition coefficient (Wildman–Crippen LogP) is -1.21. The topological polar surface area (TPSA) is 251 Å². The summed E-state index contributed by atoms with van der Waals surface area (Å²) in [7, 11) is 0. The molecule has 0 aliphatic heterocycles. The maximum atomic E-state index is 9.00. The second-order valence-corrected chi connectivity index (χ2v) is 3.92. The van der Waals surface area contributed by atoms with Crippen molar-refractivity contribution in [2.75, 3.05) is 26.2 Å². The summed E-state index contributed by atoms with van der Waals surface area (Å²) in [5.74, 6) is -4.17. The molecule has 0 amide bonds. The Morgan fingerprint density at radius 3 is 0.786 bits per heavy atom. The number of nitrogens with one attached hydrogen (secondary N) is 1. The molecule has 0 radical (unpaired) electrons. The molecule has 0 unspecified atom stereocenters. The van der Waals surface area contributed by atoms with Crippen LogP contribution in [0.4, 0.5) is 0 Å². The molecule has 0 atom stereocenters. The molecule has 14 heteroatoms. The van der Waals surface area contributed by atoms with E-state index in [9.17, 15) is 0 Å². The summed E-state index contributed by atoms with van der Waals surface area (Å²) < 4.78 is 0. The Kier molecular flexibility index (Phi) is 72.4. The van der Waals surface area contributed by atoms with Gasteiger partial charge >= 0.3 is 37.7 Å². The van der Waals surface area contributed by atoms with E-state index in [1.165, 1.54) is 0 Å². The predicted molar refractivity (Wildman–Crippen MR) is 106 cm³/mol. The molecule has 0 spiro atoms. The standard InChI is InChI=1S/C4H13N3.5C2H4O2.Ca.2H/c5-1-3-7-4-2-6;5*1-2(3)4;;;/h7H,1-6H2;5*1H3,(H,3,4);;;/q;;;;;;+2;2*-1. The number of carbonyl (C=O) groups is 5. The molecule has 0 fully saturated rings. The summed E-state index contributed by atoms with van der Waals surface area (Å²) in [5.41, 5.74) is 10.3. The van der Waals surface area contributed by atoms with Gasteiger partial charge in [-0.15, -0.1) is 0 Å². The van der Waals surface area contributed by atoms with E-state index in [-0.39, 0.29) is 40.6 Å². The molecule has 0 saturated carbocycles. The van der Waals surface area contributed by atoms with Crippen molar-refractivity contribution in [2.24, 2.45) is 11.5 Å². The van der Waals surface area contributed by atoms with Gasteiger partial charge in [0.1, 0.15) is 0 Å². The Morgan fingerprint density at radius 2 is 0.714 bits per heavy atom. The molecule has 0 heterocycles. The van der Waals surface area contributed by atoms with E-state index in [4.69, 9.17) is 61.0 Å². The number of hydrogen-bond acceptors (Lipinski definition) is 8. The van der Waals surface area contributed by atoms with Crippen molar-refractivity contribution in [1.82, 2.24) is 5.32 Å². The van der Waals surface area contributed by atoms with Crippen molar-refractivity contribution in [3.63, 3.8) is 0 Å². The minimum absolute atomic E-state index is 0. The van der Waals surface area contributed by atoms with Crippen LogP contribution in [0.3, 0.4) is 0 Å². The van der Waals surface area contributed by atoms with Crippen LogP contribution in [0, 0.1) is 0 Å². The first kappa shape index (κ1) is 45.3. The number of aliphatic carboxylic acids is 5. The minimum atomic E-state index is -0.833. The van der Waals surface area contributed by atoms with Crippen LogP contribution >= 0.6 is 0 Å². The van der Waals surface area contributed by atoms with Crippen LogP contribution in [-0.4, -0.2) is 119 Å². The van der Waals surface area contributed by atoms with E-state index in [1.54, 1.807) is 0 Å². The van der Waals surface area contributed by atoms with Crippen LogP contribution < -0.4 is 16.8 Å². The van der Waals surface area contributed by atoms with E-state index >= 15 is 0 Å². The minimum Gasteiger partial charge on any atom is -1.00 e. The third-order valence-corrected chi connectivity index (χ3v) is 0.642. The fraction of sp³-hybridized carbons (Fsp3) is 0.643. The summed E-state index contributed by atoms with van der Waals surface area (Å²) in [5, 5.41) is 40.1. The fourth-order valence-electron chi connectivity index (χ4n) is 0.329. The van der Waals surface area contributed by atoms with Gasteiger partial charge in [0.05, 0.1) is 0 Å². The van der Waals surface area contributed by atoms with Crippen molar-refractivity contribution in [2.45, 2.75) is 34.6 Å². The summed E-state index contributed by atoms with van der Waals surface area (Å²) in [6.45, 7) is 8.55. The second kappa shape index (κ2) is 44.7. The first-order valence-corrected chi connectivity index (χ1v) is 7.16. The van der Waals surface area contributed by atoms with Crippen LogP contribution in [0.5, 0.6) is 0 Å². The summed E-state index contributed by atoms with van der Waals surface area (Å²) in [6, 6.07) is 0. The van der Waals surface area contributed by atoms with Crippen molar-refractivity contribution >= 4 is 67.6 Å². The number of carboxylic acids is 5. The van der Waals surface area contributed by atoms with Crippen LogP contribution in [0.25, 0.3) is 0 Å². The van der Waals surface area contributed by atoms with Crippen molar-refractivity contribution in [3.05, 3.63) is 0 Å². The van der Waals surface area contributed by atoms with E-state index in [2.05, 4.69) is 5.32 Å². The van der Waals surface area contributed by atoms with Gasteiger partial charge in [-0.05, 0) is 0 Å². The molecule has 0 bridgehead atoms. The van der Waals surface area contributed by atoms with Gasteiger partial charge in [0.2, 0.25) is 0 Å². The third kappa shape index (κ3) is 2180. The average molecular weight is 446 g/mol. The van der Waals surface area contributed by atoms with E-state index in [0.29, 0.717) is 13.1 Å². The third-order valence-electron chi connectivity index (χ3n) is 0.642. The molecule has 0 rings (SSSR count). The Labute approximate surface area is 197 Å². The summed E-state index contributed by atoms with van der Waals surface area (Å²) in [4.78, 5) is 45.0. The molecule has 0 aromatic carbocycles. The Hall–Kier alpha value is -1.51. The maximum Gasteiger partial charge on any atom is 2.00 e. The number of carboxylic acid groups (broad SMARTS) is 5. The normalized spacial score (nSPS) is 6.82. The Bertz CT molecular complexity index is 299. The molecule has 0 aromatic rings. The van der Waals surface area contributed by atoms with Crippen LogP contribution in [0.15, 0.2) is 0 Å². The van der Waals surface area contributed by atoms with Crippen LogP contribution in [0.1, 0.15) is 37.5 Å².